The Kier molecular flexibility index (Phi) is 4.58. The molecule has 0 radical (unpaired) electrons. The number of benzene rings is 1. The number of rotatable bonds is 5. The van der Waals surface area contributed by atoms with Crippen molar-refractivity contribution in [1.82, 2.24) is 9.78 Å². The normalized spacial score (nSPS) is 12.4. The van der Waals surface area contributed by atoms with E-state index in [9.17, 15) is 8.42 Å². The van der Waals surface area contributed by atoms with E-state index in [-0.39, 0.29) is 16.9 Å². The summed E-state index contributed by atoms with van der Waals surface area (Å²) in [6, 6.07) is 6.96. The van der Waals surface area contributed by atoms with Gasteiger partial charge in [0.15, 0.2) is 0 Å². The third-order valence-corrected chi connectivity index (χ3v) is 4.64. The standard InChI is InChI=1S/C15H21N3O3S/c1-15(2,3)13-6-4-5-7-14(13)22(20,21)17-12-10-16-18(11-12)8-9-19/h4-7,10-11,17,19H,8-9H2,1-3H3. The maximum absolute atomic E-state index is 12.6. The highest BCUT2D eigenvalue weighted by molar-refractivity contribution is 7.92. The Bertz CT molecular complexity index is 745. The van der Waals surface area contributed by atoms with E-state index < -0.39 is 10.0 Å². The molecule has 0 aliphatic heterocycles. The summed E-state index contributed by atoms with van der Waals surface area (Å²) in [6.45, 7) is 6.18. The fraction of sp³-hybridized carbons (Fsp3) is 0.400. The topological polar surface area (TPSA) is 84.2 Å². The summed E-state index contributed by atoms with van der Waals surface area (Å²) < 4.78 is 29.3. The first-order chi connectivity index (χ1) is 10.2. The van der Waals surface area contributed by atoms with Crippen LogP contribution in [0, 0.1) is 0 Å². The molecule has 0 aliphatic carbocycles. The van der Waals surface area contributed by atoms with Crippen molar-refractivity contribution in [2.45, 2.75) is 37.6 Å². The molecule has 2 aromatic rings. The van der Waals surface area contributed by atoms with Gasteiger partial charge in [-0.1, -0.05) is 39.0 Å². The lowest BCUT2D eigenvalue weighted by Crippen LogP contribution is -2.20. The SMILES string of the molecule is CC(C)(C)c1ccccc1S(=O)(=O)Nc1cnn(CCO)c1. The van der Waals surface area contributed by atoms with Gasteiger partial charge in [0.25, 0.3) is 10.0 Å². The lowest BCUT2D eigenvalue weighted by Gasteiger charge is -2.22. The van der Waals surface area contributed by atoms with E-state index in [2.05, 4.69) is 9.82 Å². The van der Waals surface area contributed by atoms with E-state index in [1.54, 1.807) is 18.3 Å². The monoisotopic (exact) mass is 323 g/mol. The van der Waals surface area contributed by atoms with Gasteiger partial charge in [-0.05, 0) is 17.0 Å². The van der Waals surface area contributed by atoms with Gasteiger partial charge in [-0.2, -0.15) is 5.10 Å². The van der Waals surface area contributed by atoms with E-state index in [1.807, 2.05) is 32.9 Å². The molecule has 120 valence electrons. The molecule has 0 atom stereocenters. The van der Waals surface area contributed by atoms with Crippen molar-refractivity contribution in [2.75, 3.05) is 11.3 Å². The molecule has 6 nitrogen and oxygen atoms in total. The molecule has 0 unspecified atom stereocenters. The molecule has 0 aliphatic rings. The zero-order valence-electron chi connectivity index (χ0n) is 12.9. The molecule has 0 saturated carbocycles. The van der Waals surface area contributed by atoms with Crippen LogP contribution in [0.15, 0.2) is 41.6 Å². The highest BCUT2D eigenvalue weighted by atomic mass is 32.2. The summed E-state index contributed by atoms with van der Waals surface area (Å²) in [6.07, 6.45) is 2.97. The number of aliphatic hydroxyl groups excluding tert-OH is 1. The van der Waals surface area contributed by atoms with Gasteiger partial charge >= 0.3 is 0 Å². The molecular formula is C15H21N3O3S. The van der Waals surface area contributed by atoms with E-state index in [1.165, 1.54) is 10.9 Å². The maximum atomic E-state index is 12.6. The first kappa shape index (κ1) is 16.5. The Hall–Kier alpha value is -1.86. The highest BCUT2D eigenvalue weighted by Crippen LogP contribution is 2.29. The number of anilines is 1. The molecule has 2 rings (SSSR count). The minimum absolute atomic E-state index is 0.0548. The molecule has 2 N–H and O–H groups in total. The number of aromatic nitrogens is 2. The molecule has 0 amide bonds. The van der Waals surface area contributed by atoms with Gasteiger partial charge in [-0.25, -0.2) is 8.42 Å². The van der Waals surface area contributed by atoms with Crippen LogP contribution in [-0.4, -0.2) is 29.9 Å². The Morgan fingerprint density at radius 1 is 1.27 bits per heavy atom. The zero-order valence-corrected chi connectivity index (χ0v) is 13.8. The van der Waals surface area contributed by atoms with E-state index in [4.69, 9.17) is 5.11 Å². The molecule has 0 spiro atoms. The van der Waals surface area contributed by atoms with Crippen molar-refractivity contribution in [3.8, 4) is 0 Å². The van der Waals surface area contributed by atoms with Crippen LogP contribution >= 0.6 is 0 Å². The number of sulfonamides is 1. The molecule has 0 saturated heterocycles. The third kappa shape index (κ3) is 3.66. The van der Waals surface area contributed by atoms with Crippen LogP contribution in [0.3, 0.4) is 0 Å². The second-order valence-corrected chi connectivity index (χ2v) is 7.72. The molecule has 1 aromatic carbocycles. The predicted octanol–water partition coefficient (Wildman–Crippen LogP) is 1.97. The van der Waals surface area contributed by atoms with Crippen LogP contribution in [0.25, 0.3) is 0 Å². The van der Waals surface area contributed by atoms with Crippen molar-refractivity contribution in [3.05, 3.63) is 42.2 Å². The van der Waals surface area contributed by atoms with Gasteiger partial charge in [0.1, 0.15) is 0 Å². The number of nitrogens with zero attached hydrogens (tertiary/aromatic N) is 2. The lowest BCUT2D eigenvalue weighted by atomic mass is 9.87. The number of aliphatic hydroxyl groups is 1. The van der Waals surface area contributed by atoms with Crippen molar-refractivity contribution < 1.29 is 13.5 Å². The fourth-order valence-electron chi connectivity index (χ4n) is 2.17. The summed E-state index contributed by atoms with van der Waals surface area (Å²) in [4.78, 5) is 0.261. The summed E-state index contributed by atoms with van der Waals surface area (Å²) in [5.74, 6) is 0. The van der Waals surface area contributed by atoms with Crippen LogP contribution in [0.1, 0.15) is 26.3 Å². The van der Waals surface area contributed by atoms with Crippen LogP contribution in [0.5, 0.6) is 0 Å². The van der Waals surface area contributed by atoms with Crippen molar-refractivity contribution >= 4 is 15.7 Å². The van der Waals surface area contributed by atoms with Gasteiger partial charge in [0, 0.05) is 6.20 Å². The van der Waals surface area contributed by atoms with Crippen molar-refractivity contribution in [2.24, 2.45) is 0 Å². The van der Waals surface area contributed by atoms with Gasteiger partial charge in [0.05, 0.1) is 29.9 Å². The molecule has 22 heavy (non-hydrogen) atoms. The predicted molar refractivity (Wildman–Crippen MR) is 85.3 cm³/mol. The van der Waals surface area contributed by atoms with E-state index >= 15 is 0 Å². The first-order valence-corrected chi connectivity index (χ1v) is 8.48. The van der Waals surface area contributed by atoms with Crippen molar-refractivity contribution in [3.63, 3.8) is 0 Å². The van der Waals surface area contributed by atoms with E-state index in [0.29, 0.717) is 12.2 Å². The number of nitrogens with one attached hydrogen (secondary N) is 1. The van der Waals surface area contributed by atoms with Gasteiger partial charge in [-0.3, -0.25) is 9.40 Å². The Balaban J connectivity index is 2.35. The largest absolute Gasteiger partial charge is 0.394 e. The summed E-state index contributed by atoms with van der Waals surface area (Å²) in [5, 5.41) is 12.9. The number of hydrogen-bond acceptors (Lipinski definition) is 4. The quantitative estimate of drug-likeness (QED) is 0.881. The smallest absolute Gasteiger partial charge is 0.262 e. The van der Waals surface area contributed by atoms with E-state index in [0.717, 1.165) is 5.56 Å². The van der Waals surface area contributed by atoms with Crippen LogP contribution in [0.4, 0.5) is 5.69 Å². The minimum atomic E-state index is -3.69. The molecule has 0 fully saturated rings. The van der Waals surface area contributed by atoms with Gasteiger partial charge in [0.2, 0.25) is 0 Å². The van der Waals surface area contributed by atoms with Gasteiger partial charge < -0.3 is 5.11 Å². The van der Waals surface area contributed by atoms with Crippen LogP contribution in [-0.2, 0) is 22.0 Å². The third-order valence-electron chi connectivity index (χ3n) is 3.20. The molecular weight excluding hydrogens is 302 g/mol. The molecule has 0 bridgehead atoms. The molecule has 1 heterocycles. The highest BCUT2D eigenvalue weighted by Gasteiger charge is 2.25. The average Bonchev–Trinajstić information content (AvgIpc) is 2.85. The van der Waals surface area contributed by atoms with Crippen molar-refractivity contribution in [1.29, 1.82) is 0 Å². The van der Waals surface area contributed by atoms with Crippen LogP contribution < -0.4 is 4.72 Å². The Morgan fingerprint density at radius 2 is 1.95 bits per heavy atom. The van der Waals surface area contributed by atoms with Crippen LogP contribution in [0.2, 0.25) is 0 Å². The summed E-state index contributed by atoms with van der Waals surface area (Å²) >= 11 is 0. The van der Waals surface area contributed by atoms with Gasteiger partial charge in [-0.15, -0.1) is 0 Å². The summed E-state index contributed by atoms with van der Waals surface area (Å²) in [7, 11) is -3.69. The zero-order chi connectivity index (χ0) is 16.4. The summed E-state index contributed by atoms with van der Waals surface area (Å²) in [5.41, 5.74) is 0.842. The lowest BCUT2D eigenvalue weighted by molar-refractivity contribution is 0.269. The number of hydrogen-bond donors (Lipinski definition) is 2. The fourth-order valence-corrected chi connectivity index (χ4v) is 3.62. The average molecular weight is 323 g/mol. The molecule has 7 heteroatoms. The second-order valence-electron chi connectivity index (χ2n) is 6.07. The second kappa shape index (κ2) is 6.10. The Morgan fingerprint density at radius 3 is 2.59 bits per heavy atom. The maximum Gasteiger partial charge on any atom is 0.262 e. The first-order valence-electron chi connectivity index (χ1n) is 7.00. The minimum Gasteiger partial charge on any atom is -0.394 e. The molecule has 1 aromatic heterocycles. The Labute approximate surface area is 130 Å².